The zero-order chi connectivity index (χ0) is 25.0. The normalized spacial score (nSPS) is 17.1. The number of rotatable bonds is 6. The number of esters is 1. The molecule has 7 nitrogen and oxygen atoms in total. The number of hydrogen-bond donors (Lipinski definition) is 1. The van der Waals surface area contributed by atoms with E-state index >= 15 is 0 Å². The van der Waals surface area contributed by atoms with Crippen LogP contribution in [0.4, 0.5) is 4.79 Å². The van der Waals surface area contributed by atoms with Gasteiger partial charge in [-0.15, -0.1) is 0 Å². The Labute approximate surface area is 197 Å². The van der Waals surface area contributed by atoms with E-state index in [0.29, 0.717) is 11.1 Å². The fourth-order valence-electron chi connectivity index (χ4n) is 4.18. The van der Waals surface area contributed by atoms with Crippen molar-refractivity contribution in [2.45, 2.75) is 104 Å². The maximum Gasteiger partial charge on any atom is 0.411 e. The molecule has 1 saturated carbocycles. The van der Waals surface area contributed by atoms with Crippen LogP contribution in [0.1, 0.15) is 96.5 Å². The van der Waals surface area contributed by atoms with E-state index in [4.69, 9.17) is 9.47 Å². The Kier molecular flexibility index (Phi) is 8.20. The summed E-state index contributed by atoms with van der Waals surface area (Å²) >= 11 is 0. The number of carbonyl (C=O) groups is 3. The summed E-state index contributed by atoms with van der Waals surface area (Å²) in [6, 6.07) is 6.71. The number of carboxylic acid groups (broad SMARTS) is 1. The molecule has 1 amide bonds. The van der Waals surface area contributed by atoms with Crippen molar-refractivity contribution >= 4 is 18.0 Å². The van der Waals surface area contributed by atoms with E-state index in [1.165, 1.54) is 4.90 Å². The number of ether oxygens (including phenoxy) is 2. The summed E-state index contributed by atoms with van der Waals surface area (Å²) < 4.78 is 11.0. The Morgan fingerprint density at radius 3 is 1.85 bits per heavy atom. The van der Waals surface area contributed by atoms with E-state index in [-0.39, 0.29) is 12.5 Å². The lowest BCUT2D eigenvalue weighted by molar-refractivity contribution is -0.155. The standard InChI is InChI=1S/C26H39NO6/c1-24(2,3)32-21(28)19-15-13-18(14-16-19)17-27(23(31)33-25(4,5)6)26(7,22(29)30)20-11-9-8-10-12-20/h13-16,20H,8-12,17H2,1-7H3,(H,29,30)/t26-/m1/s1. The van der Waals surface area contributed by atoms with E-state index in [0.717, 1.165) is 32.1 Å². The van der Waals surface area contributed by atoms with Crippen molar-refractivity contribution in [2.24, 2.45) is 5.92 Å². The monoisotopic (exact) mass is 461 g/mol. The van der Waals surface area contributed by atoms with Gasteiger partial charge in [-0.05, 0) is 84.9 Å². The fraction of sp³-hybridized carbons (Fsp3) is 0.654. The number of carbonyl (C=O) groups excluding carboxylic acids is 2. The van der Waals surface area contributed by atoms with Gasteiger partial charge in [-0.25, -0.2) is 14.4 Å². The molecular weight excluding hydrogens is 422 g/mol. The summed E-state index contributed by atoms with van der Waals surface area (Å²) in [4.78, 5) is 39.5. The third-order valence-electron chi connectivity index (χ3n) is 5.94. The number of aliphatic carboxylic acids is 1. The first-order valence-electron chi connectivity index (χ1n) is 11.7. The van der Waals surface area contributed by atoms with Crippen molar-refractivity contribution < 1.29 is 29.0 Å². The van der Waals surface area contributed by atoms with Crippen LogP contribution in [0, 0.1) is 5.92 Å². The van der Waals surface area contributed by atoms with Crippen molar-refractivity contribution in [1.82, 2.24) is 4.90 Å². The molecule has 0 aliphatic heterocycles. The van der Waals surface area contributed by atoms with Gasteiger partial charge in [0.15, 0.2) is 0 Å². The molecule has 1 fully saturated rings. The van der Waals surface area contributed by atoms with Gasteiger partial charge < -0.3 is 14.6 Å². The SMILES string of the molecule is CC(C)(C)OC(=O)c1ccc(CN(C(=O)OC(C)(C)C)[C@@](C)(C(=O)O)C2CCCCC2)cc1. The maximum atomic E-state index is 13.3. The first kappa shape index (κ1) is 26.7. The van der Waals surface area contributed by atoms with Gasteiger partial charge in [0, 0.05) is 0 Å². The molecule has 7 heteroatoms. The van der Waals surface area contributed by atoms with Crippen molar-refractivity contribution in [3.05, 3.63) is 35.4 Å². The van der Waals surface area contributed by atoms with Crippen LogP contribution in [-0.4, -0.2) is 44.8 Å². The average Bonchev–Trinajstić information content (AvgIpc) is 2.69. The zero-order valence-electron chi connectivity index (χ0n) is 21.1. The Morgan fingerprint density at radius 2 is 1.39 bits per heavy atom. The minimum absolute atomic E-state index is 0.0583. The second-order valence-electron chi connectivity index (χ2n) is 11.1. The van der Waals surface area contributed by atoms with Crippen LogP contribution in [0.2, 0.25) is 0 Å². The summed E-state index contributed by atoms with van der Waals surface area (Å²) in [6.45, 7) is 12.4. The predicted octanol–water partition coefficient (Wildman–Crippen LogP) is 5.80. The molecule has 0 aromatic heterocycles. The second-order valence-corrected chi connectivity index (χ2v) is 11.1. The van der Waals surface area contributed by atoms with Crippen molar-refractivity contribution in [2.75, 3.05) is 0 Å². The maximum absolute atomic E-state index is 13.3. The Morgan fingerprint density at radius 1 is 0.879 bits per heavy atom. The number of amides is 1. The molecule has 2 rings (SSSR count). The highest BCUT2D eigenvalue weighted by Crippen LogP contribution is 2.38. The number of nitrogens with zero attached hydrogens (tertiary/aromatic N) is 1. The molecule has 0 saturated heterocycles. The Bertz CT molecular complexity index is 843. The predicted molar refractivity (Wildman–Crippen MR) is 126 cm³/mol. The quantitative estimate of drug-likeness (QED) is 0.538. The smallest absolute Gasteiger partial charge is 0.411 e. The van der Waals surface area contributed by atoms with Crippen LogP contribution in [0.3, 0.4) is 0 Å². The van der Waals surface area contributed by atoms with Crippen LogP contribution in [0.25, 0.3) is 0 Å². The highest BCUT2D eigenvalue weighted by Gasteiger charge is 2.50. The van der Waals surface area contributed by atoms with Gasteiger partial charge in [0.05, 0.1) is 12.1 Å². The molecule has 184 valence electrons. The first-order chi connectivity index (χ1) is 15.1. The van der Waals surface area contributed by atoms with Gasteiger partial charge in [0.2, 0.25) is 0 Å². The van der Waals surface area contributed by atoms with Gasteiger partial charge in [0.1, 0.15) is 16.7 Å². The van der Waals surface area contributed by atoms with Crippen molar-refractivity contribution in [3.63, 3.8) is 0 Å². The Hall–Kier alpha value is -2.57. The average molecular weight is 462 g/mol. The van der Waals surface area contributed by atoms with Crippen LogP contribution in [0.5, 0.6) is 0 Å². The molecule has 1 aliphatic rings. The van der Waals surface area contributed by atoms with Gasteiger partial charge in [0.25, 0.3) is 0 Å². The third kappa shape index (κ3) is 7.21. The molecule has 0 bridgehead atoms. The van der Waals surface area contributed by atoms with Gasteiger partial charge in [-0.2, -0.15) is 0 Å². The molecule has 0 unspecified atom stereocenters. The van der Waals surface area contributed by atoms with E-state index in [2.05, 4.69) is 0 Å². The number of benzene rings is 1. The minimum Gasteiger partial charge on any atom is -0.479 e. The topological polar surface area (TPSA) is 93.1 Å². The first-order valence-corrected chi connectivity index (χ1v) is 11.7. The lowest BCUT2D eigenvalue weighted by atomic mass is 9.74. The molecule has 1 N–H and O–H groups in total. The van der Waals surface area contributed by atoms with Crippen LogP contribution >= 0.6 is 0 Å². The molecule has 1 aromatic rings. The molecule has 0 radical (unpaired) electrons. The molecule has 1 aliphatic carbocycles. The van der Waals surface area contributed by atoms with Crippen molar-refractivity contribution in [1.29, 1.82) is 0 Å². The molecule has 0 heterocycles. The summed E-state index contributed by atoms with van der Waals surface area (Å²) in [5.41, 5.74) is -1.68. The lowest BCUT2D eigenvalue weighted by Crippen LogP contribution is -2.60. The molecular formula is C26H39NO6. The number of hydrogen-bond acceptors (Lipinski definition) is 5. The fourth-order valence-corrected chi connectivity index (χ4v) is 4.18. The summed E-state index contributed by atoms with van der Waals surface area (Å²) in [6.07, 6.45) is 3.80. The largest absolute Gasteiger partial charge is 0.479 e. The Balaban J connectivity index is 2.37. The third-order valence-corrected chi connectivity index (χ3v) is 5.94. The van der Waals surface area contributed by atoms with E-state index in [9.17, 15) is 19.5 Å². The number of carboxylic acids is 1. The van der Waals surface area contributed by atoms with Gasteiger partial charge >= 0.3 is 18.0 Å². The molecule has 1 atom stereocenters. The van der Waals surface area contributed by atoms with E-state index < -0.39 is 34.8 Å². The minimum atomic E-state index is -1.41. The van der Waals surface area contributed by atoms with Crippen LogP contribution < -0.4 is 0 Å². The lowest BCUT2D eigenvalue weighted by Gasteiger charge is -2.44. The molecule has 0 spiro atoms. The molecule has 33 heavy (non-hydrogen) atoms. The van der Waals surface area contributed by atoms with Crippen LogP contribution in [0.15, 0.2) is 24.3 Å². The summed E-state index contributed by atoms with van der Waals surface area (Å²) in [5, 5.41) is 10.3. The van der Waals surface area contributed by atoms with Crippen molar-refractivity contribution in [3.8, 4) is 0 Å². The summed E-state index contributed by atoms with van der Waals surface area (Å²) in [7, 11) is 0. The van der Waals surface area contributed by atoms with Crippen LogP contribution in [-0.2, 0) is 20.8 Å². The second kappa shape index (κ2) is 10.1. The van der Waals surface area contributed by atoms with E-state index in [1.807, 2.05) is 0 Å². The summed E-state index contributed by atoms with van der Waals surface area (Å²) in [5.74, 6) is -1.64. The van der Waals surface area contributed by atoms with Gasteiger partial charge in [-0.1, -0.05) is 31.4 Å². The van der Waals surface area contributed by atoms with Gasteiger partial charge in [-0.3, -0.25) is 4.90 Å². The highest BCUT2D eigenvalue weighted by molar-refractivity contribution is 5.89. The zero-order valence-corrected chi connectivity index (χ0v) is 21.1. The molecule has 1 aromatic carbocycles. The highest BCUT2D eigenvalue weighted by atomic mass is 16.6. The van der Waals surface area contributed by atoms with E-state index in [1.54, 1.807) is 72.7 Å².